The van der Waals surface area contributed by atoms with Gasteiger partial charge in [0.1, 0.15) is 12.2 Å². The van der Waals surface area contributed by atoms with Gasteiger partial charge in [-0.15, -0.1) is 0 Å². The average Bonchev–Trinajstić information content (AvgIpc) is 2.65. The van der Waals surface area contributed by atoms with Gasteiger partial charge in [0.25, 0.3) is 0 Å². The third kappa shape index (κ3) is 5.30. The van der Waals surface area contributed by atoms with Crippen LogP contribution in [-0.2, 0) is 19.1 Å². The van der Waals surface area contributed by atoms with Crippen LogP contribution in [0.4, 0.5) is 0 Å². The Bertz CT molecular complexity index is 759. The van der Waals surface area contributed by atoms with E-state index >= 15 is 0 Å². The van der Waals surface area contributed by atoms with Crippen molar-refractivity contribution in [2.24, 2.45) is 29.6 Å². The van der Waals surface area contributed by atoms with Gasteiger partial charge in [0.15, 0.2) is 0 Å². The lowest BCUT2D eigenvalue weighted by molar-refractivity contribution is -0.162. The van der Waals surface area contributed by atoms with Crippen LogP contribution < -0.4 is 0 Å². The van der Waals surface area contributed by atoms with Crippen molar-refractivity contribution in [3.63, 3.8) is 0 Å². The lowest BCUT2D eigenvalue weighted by Crippen LogP contribution is -2.42. The summed E-state index contributed by atoms with van der Waals surface area (Å²) in [4.78, 5) is 24.4. The van der Waals surface area contributed by atoms with Gasteiger partial charge in [-0.05, 0) is 49.0 Å². The third-order valence-electron chi connectivity index (χ3n) is 6.63. The largest absolute Gasteiger partial charge is 0.462 e. The predicted molar refractivity (Wildman–Crippen MR) is 111 cm³/mol. The van der Waals surface area contributed by atoms with Gasteiger partial charge < -0.3 is 14.6 Å². The molecule has 0 aromatic rings. The van der Waals surface area contributed by atoms with Gasteiger partial charge in [-0.25, -0.2) is 0 Å². The number of fused-ring (bicyclic) bond motifs is 1. The molecule has 0 saturated carbocycles. The number of aliphatic hydroxyl groups is 1. The monoisotopic (exact) mass is 407 g/mol. The summed E-state index contributed by atoms with van der Waals surface area (Å²) in [6.07, 6.45) is 7.74. The molecule has 3 aliphatic rings. The van der Waals surface area contributed by atoms with Crippen molar-refractivity contribution >= 4 is 11.9 Å². The summed E-state index contributed by atoms with van der Waals surface area (Å²) in [5.41, 5.74) is 1.16. The molecule has 1 fully saturated rings. The van der Waals surface area contributed by atoms with E-state index in [-0.39, 0.29) is 54.7 Å². The second kappa shape index (κ2) is 9.46. The molecule has 8 atom stereocenters. The first-order valence-corrected chi connectivity index (χ1v) is 10.9. The minimum absolute atomic E-state index is 0.0272. The summed E-state index contributed by atoms with van der Waals surface area (Å²) < 4.78 is 33.7. The molecule has 1 unspecified atom stereocenters. The van der Waals surface area contributed by atoms with E-state index in [1.165, 1.54) is 0 Å². The van der Waals surface area contributed by atoms with Gasteiger partial charge in [-0.1, -0.05) is 45.9 Å². The Hall–Kier alpha value is -1.62. The predicted octanol–water partition coefficient (Wildman–Crippen LogP) is 4.20. The van der Waals surface area contributed by atoms with Crippen molar-refractivity contribution in [1.29, 1.82) is 0 Å². The van der Waals surface area contributed by atoms with Crippen LogP contribution in [0.25, 0.3) is 0 Å². The maximum Gasteiger partial charge on any atom is 0.308 e. The second-order valence-electron chi connectivity index (χ2n) is 9.15. The van der Waals surface area contributed by atoms with Crippen LogP contribution in [0.2, 0.25) is 0 Å². The Morgan fingerprint density at radius 3 is 2.90 bits per heavy atom. The second-order valence-corrected chi connectivity index (χ2v) is 9.15. The SMILES string of the molecule is [2H]C([2H])([2H])C[C@@H](C)C(=O)O[C@H]1C[C@H](C)C=C2C=C[C@@H](C)[C@@H](CCC3C[C@@H](O)CC(=O)O3)[C@@H]21. The van der Waals surface area contributed by atoms with E-state index in [9.17, 15) is 14.7 Å². The maximum atomic E-state index is 12.7. The lowest BCUT2D eigenvalue weighted by Gasteiger charge is -2.43. The van der Waals surface area contributed by atoms with E-state index in [4.69, 9.17) is 13.6 Å². The van der Waals surface area contributed by atoms with Crippen molar-refractivity contribution in [3.8, 4) is 0 Å². The first kappa shape index (κ1) is 18.2. The van der Waals surface area contributed by atoms with Crippen LogP contribution in [0.5, 0.6) is 0 Å². The number of carbonyl (C=O) groups is 2. The molecule has 0 spiro atoms. The van der Waals surface area contributed by atoms with Crippen LogP contribution >= 0.6 is 0 Å². The zero-order chi connectivity index (χ0) is 23.6. The Labute approximate surface area is 178 Å². The van der Waals surface area contributed by atoms with Crippen molar-refractivity contribution in [3.05, 3.63) is 23.8 Å². The van der Waals surface area contributed by atoms with Gasteiger partial charge in [0.05, 0.1) is 18.4 Å². The molecule has 162 valence electrons. The summed E-state index contributed by atoms with van der Waals surface area (Å²) in [6, 6.07) is 0. The molecule has 29 heavy (non-hydrogen) atoms. The summed E-state index contributed by atoms with van der Waals surface area (Å²) >= 11 is 0. The molecular weight excluding hydrogens is 368 g/mol. The first-order valence-electron chi connectivity index (χ1n) is 12.4. The van der Waals surface area contributed by atoms with E-state index in [0.29, 0.717) is 19.3 Å². The highest BCUT2D eigenvalue weighted by Gasteiger charge is 2.42. The first-order chi connectivity index (χ1) is 14.9. The number of rotatable bonds is 6. The number of hydrogen-bond donors (Lipinski definition) is 1. The fourth-order valence-electron chi connectivity index (χ4n) is 4.99. The van der Waals surface area contributed by atoms with Crippen molar-refractivity contribution in [1.82, 2.24) is 0 Å². The van der Waals surface area contributed by atoms with Gasteiger partial charge in [-0.3, -0.25) is 9.59 Å². The topological polar surface area (TPSA) is 72.8 Å². The zero-order valence-electron chi connectivity index (χ0n) is 20.7. The number of cyclic esters (lactones) is 1. The lowest BCUT2D eigenvalue weighted by atomic mass is 9.65. The van der Waals surface area contributed by atoms with Gasteiger partial charge in [0.2, 0.25) is 0 Å². The number of ether oxygens (including phenoxy) is 2. The molecule has 1 heterocycles. The minimum atomic E-state index is -2.17. The van der Waals surface area contributed by atoms with Gasteiger partial charge in [0, 0.05) is 16.5 Å². The average molecular weight is 408 g/mol. The highest BCUT2D eigenvalue weighted by molar-refractivity contribution is 5.72. The Balaban J connectivity index is 1.73. The van der Waals surface area contributed by atoms with Crippen LogP contribution in [0.3, 0.4) is 0 Å². The summed E-state index contributed by atoms with van der Waals surface area (Å²) in [6.45, 7) is 3.69. The Kier molecular flexibility index (Phi) is 5.93. The molecule has 0 aromatic heterocycles. The highest BCUT2D eigenvalue weighted by Crippen LogP contribution is 2.45. The van der Waals surface area contributed by atoms with Crippen molar-refractivity contribution in [2.45, 2.75) is 84.5 Å². The number of hydrogen-bond acceptors (Lipinski definition) is 5. The fourth-order valence-corrected chi connectivity index (χ4v) is 4.99. The number of carbonyl (C=O) groups excluding carboxylic acids is 2. The fraction of sp³-hybridized carbons (Fsp3) is 0.750. The van der Waals surface area contributed by atoms with E-state index < -0.39 is 24.8 Å². The molecule has 5 nitrogen and oxygen atoms in total. The van der Waals surface area contributed by atoms with Crippen LogP contribution in [0, 0.1) is 29.6 Å². The van der Waals surface area contributed by atoms with Gasteiger partial charge in [-0.2, -0.15) is 0 Å². The summed E-state index contributed by atoms with van der Waals surface area (Å²) in [5.74, 6) is -0.755. The summed E-state index contributed by atoms with van der Waals surface area (Å²) in [7, 11) is 0. The summed E-state index contributed by atoms with van der Waals surface area (Å²) in [5, 5.41) is 9.91. The molecule has 2 aliphatic carbocycles. The molecule has 1 aliphatic heterocycles. The quantitative estimate of drug-likeness (QED) is 0.668. The highest BCUT2D eigenvalue weighted by atomic mass is 16.5. The smallest absolute Gasteiger partial charge is 0.308 e. The van der Waals surface area contributed by atoms with E-state index in [0.717, 1.165) is 12.0 Å². The molecule has 0 bridgehead atoms. The van der Waals surface area contributed by atoms with E-state index in [2.05, 4.69) is 32.1 Å². The standard InChI is InChI=1S/C24H36O5/c1-5-15(3)24(27)29-21-11-14(2)10-17-7-6-16(4)20(23(17)21)9-8-19-12-18(25)13-22(26)28-19/h6-7,10,14-16,18-21,23,25H,5,8-9,11-13H2,1-4H3/t14-,15-,16-,18-,19?,20-,21+,23-/m1/s1/i1D3. The van der Waals surface area contributed by atoms with E-state index in [1.807, 2.05) is 0 Å². The molecule has 3 rings (SSSR count). The van der Waals surface area contributed by atoms with Crippen molar-refractivity contribution < 1.29 is 28.3 Å². The molecule has 5 heteroatoms. The normalized spacial score (nSPS) is 39.9. The molecule has 0 amide bonds. The van der Waals surface area contributed by atoms with Crippen molar-refractivity contribution in [2.75, 3.05) is 0 Å². The van der Waals surface area contributed by atoms with Crippen LogP contribution in [0.1, 0.15) is 70.3 Å². The Morgan fingerprint density at radius 1 is 1.38 bits per heavy atom. The molecule has 1 N–H and O–H groups in total. The zero-order valence-corrected chi connectivity index (χ0v) is 17.7. The molecular formula is C24H36O5. The maximum absolute atomic E-state index is 12.7. The van der Waals surface area contributed by atoms with Crippen LogP contribution in [0.15, 0.2) is 23.8 Å². The molecule has 0 aromatic carbocycles. The van der Waals surface area contributed by atoms with Gasteiger partial charge >= 0.3 is 11.9 Å². The number of esters is 2. The third-order valence-corrected chi connectivity index (χ3v) is 6.63. The Morgan fingerprint density at radius 2 is 2.17 bits per heavy atom. The van der Waals surface area contributed by atoms with E-state index in [1.54, 1.807) is 6.92 Å². The number of aliphatic hydroxyl groups excluding tert-OH is 1. The number of allylic oxidation sites excluding steroid dienone is 3. The molecule has 0 radical (unpaired) electrons. The van der Waals surface area contributed by atoms with Crippen LogP contribution in [-0.4, -0.2) is 35.4 Å². The minimum Gasteiger partial charge on any atom is -0.462 e. The molecule has 1 saturated heterocycles.